The number of halogens is 1. The van der Waals surface area contributed by atoms with Crippen LogP contribution in [0.2, 0.25) is 5.02 Å². The zero-order chi connectivity index (χ0) is 18.0. The van der Waals surface area contributed by atoms with Crippen LogP contribution in [-0.2, 0) is 13.1 Å². The minimum Gasteiger partial charge on any atom is -0.506 e. The fraction of sp³-hybridized carbons (Fsp3) is 0.211. The van der Waals surface area contributed by atoms with Crippen LogP contribution in [-0.4, -0.2) is 24.2 Å². The van der Waals surface area contributed by atoms with E-state index in [4.69, 9.17) is 20.8 Å². The summed E-state index contributed by atoms with van der Waals surface area (Å²) in [6.45, 7) is 1.17. The van der Waals surface area contributed by atoms with Gasteiger partial charge in [-0.25, -0.2) is 4.79 Å². The van der Waals surface area contributed by atoms with Gasteiger partial charge in [-0.05, 0) is 24.7 Å². The second-order valence-corrected chi connectivity index (χ2v) is 6.28. The molecule has 3 rings (SSSR count). The fourth-order valence-electron chi connectivity index (χ4n) is 2.84. The van der Waals surface area contributed by atoms with Crippen molar-refractivity contribution < 1.29 is 14.3 Å². The highest BCUT2D eigenvalue weighted by Crippen LogP contribution is 2.30. The van der Waals surface area contributed by atoms with E-state index in [9.17, 15) is 9.90 Å². The third-order valence-electron chi connectivity index (χ3n) is 3.97. The number of phenolic OH excluding ortho intramolecular Hbond substituents is 1. The largest absolute Gasteiger partial charge is 0.506 e. The normalized spacial score (nSPS) is 11.2. The molecule has 0 aliphatic carbocycles. The van der Waals surface area contributed by atoms with Crippen LogP contribution in [0.5, 0.6) is 11.5 Å². The van der Waals surface area contributed by atoms with Crippen molar-refractivity contribution >= 4 is 22.6 Å². The van der Waals surface area contributed by atoms with E-state index in [1.165, 1.54) is 12.1 Å². The van der Waals surface area contributed by atoms with Gasteiger partial charge in [-0.15, -0.1) is 0 Å². The molecule has 0 fully saturated rings. The highest BCUT2D eigenvalue weighted by atomic mass is 35.5. The Hall–Kier alpha value is -2.50. The SMILES string of the molecule is COc1ccccc1CN(C)Cc1cc(=O)oc2cc(O)c(Cl)cc12. The van der Waals surface area contributed by atoms with Crippen molar-refractivity contribution in [2.45, 2.75) is 13.1 Å². The van der Waals surface area contributed by atoms with E-state index in [1.54, 1.807) is 13.2 Å². The number of fused-ring (bicyclic) bond motifs is 1. The average Bonchev–Trinajstić information content (AvgIpc) is 2.57. The summed E-state index contributed by atoms with van der Waals surface area (Å²) >= 11 is 6.01. The van der Waals surface area contributed by atoms with E-state index in [0.717, 1.165) is 16.9 Å². The monoisotopic (exact) mass is 359 g/mol. The van der Waals surface area contributed by atoms with Gasteiger partial charge in [0.25, 0.3) is 0 Å². The molecular weight excluding hydrogens is 342 g/mol. The van der Waals surface area contributed by atoms with Crippen LogP contribution in [0.25, 0.3) is 11.0 Å². The highest BCUT2D eigenvalue weighted by Gasteiger charge is 2.12. The molecular formula is C19H18ClNO4. The minimum atomic E-state index is -0.463. The predicted octanol–water partition coefficient (Wildman–Crippen LogP) is 3.79. The summed E-state index contributed by atoms with van der Waals surface area (Å²) in [4.78, 5) is 13.9. The van der Waals surface area contributed by atoms with Crippen LogP contribution in [0.15, 0.2) is 51.7 Å². The molecule has 0 spiro atoms. The van der Waals surface area contributed by atoms with Crippen LogP contribution < -0.4 is 10.4 Å². The standard InChI is InChI=1S/C19H18ClNO4/c1-21(10-12-5-3-4-6-17(12)24-2)11-13-7-19(23)25-18-9-16(22)15(20)8-14(13)18/h3-9,22H,10-11H2,1-2H3. The molecule has 0 radical (unpaired) electrons. The molecule has 3 aromatic rings. The first-order valence-corrected chi connectivity index (χ1v) is 8.11. The van der Waals surface area contributed by atoms with Gasteiger partial charge in [0.1, 0.15) is 17.1 Å². The first kappa shape index (κ1) is 17.3. The molecule has 5 nitrogen and oxygen atoms in total. The van der Waals surface area contributed by atoms with E-state index >= 15 is 0 Å². The highest BCUT2D eigenvalue weighted by molar-refractivity contribution is 6.32. The molecule has 0 saturated carbocycles. The lowest BCUT2D eigenvalue weighted by atomic mass is 10.1. The number of aromatic hydroxyl groups is 1. The summed E-state index contributed by atoms with van der Waals surface area (Å²) in [6.07, 6.45) is 0. The van der Waals surface area contributed by atoms with Crippen molar-refractivity contribution in [3.63, 3.8) is 0 Å². The van der Waals surface area contributed by atoms with Crippen molar-refractivity contribution in [1.82, 2.24) is 4.90 Å². The van der Waals surface area contributed by atoms with Crippen molar-refractivity contribution in [1.29, 1.82) is 0 Å². The predicted molar refractivity (Wildman–Crippen MR) is 97.3 cm³/mol. The summed E-state index contributed by atoms with van der Waals surface area (Å²) < 4.78 is 10.5. The van der Waals surface area contributed by atoms with E-state index in [1.807, 2.05) is 31.3 Å². The molecule has 0 aliphatic rings. The summed E-state index contributed by atoms with van der Waals surface area (Å²) in [5, 5.41) is 10.6. The maximum Gasteiger partial charge on any atom is 0.336 e. The van der Waals surface area contributed by atoms with Gasteiger partial charge in [-0.3, -0.25) is 4.90 Å². The lowest BCUT2D eigenvalue weighted by Crippen LogP contribution is -2.19. The number of methoxy groups -OCH3 is 1. The Labute approximate surface area is 150 Å². The molecule has 0 atom stereocenters. The van der Waals surface area contributed by atoms with Gasteiger partial charge in [0.05, 0.1) is 12.1 Å². The Morgan fingerprint density at radius 2 is 1.88 bits per heavy atom. The van der Waals surface area contributed by atoms with E-state index in [0.29, 0.717) is 24.1 Å². The smallest absolute Gasteiger partial charge is 0.336 e. The second-order valence-electron chi connectivity index (χ2n) is 5.87. The second kappa shape index (κ2) is 7.17. The number of phenols is 1. The molecule has 0 bridgehead atoms. The van der Waals surface area contributed by atoms with Crippen molar-refractivity contribution in [3.8, 4) is 11.5 Å². The molecule has 130 valence electrons. The lowest BCUT2D eigenvalue weighted by molar-refractivity contribution is 0.310. The number of benzene rings is 2. The van der Waals surface area contributed by atoms with Gasteiger partial charge in [-0.2, -0.15) is 0 Å². The minimum absolute atomic E-state index is 0.114. The molecule has 1 heterocycles. The number of ether oxygens (including phenoxy) is 1. The van der Waals surface area contributed by atoms with E-state index < -0.39 is 5.63 Å². The van der Waals surface area contributed by atoms with Crippen LogP contribution in [0, 0.1) is 0 Å². The van der Waals surface area contributed by atoms with E-state index in [-0.39, 0.29) is 10.8 Å². The van der Waals surface area contributed by atoms with Crippen molar-refractivity contribution in [2.75, 3.05) is 14.2 Å². The van der Waals surface area contributed by atoms with Gasteiger partial charge in [0.15, 0.2) is 0 Å². The molecule has 0 unspecified atom stereocenters. The molecule has 0 amide bonds. The molecule has 2 aromatic carbocycles. The number of hydrogen-bond acceptors (Lipinski definition) is 5. The Morgan fingerprint density at radius 3 is 2.64 bits per heavy atom. The summed E-state index contributed by atoms with van der Waals surface area (Å²) in [6, 6.07) is 12.2. The van der Waals surface area contributed by atoms with Gasteiger partial charge in [0, 0.05) is 36.2 Å². The number of hydrogen-bond donors (Lipinski definition) is 1. The summed E-state index contributed by atoms with van der Waals surface area (Å²) in [5.74, 6) is 0.705. The summed E-state index contributed by atoms with van der Waals surface area (Å²) in [7, 11) is 3.60. The van der Waals surface area contributed by atoms with Gasteiger partial charge < -0.3 is 14.3 Å². The molecule has 6 heteroatoms. The Balaban J connectivity index is 1.92. The summed E-state index contributed by atoms with van der Waals surface area (Å²) in [5.41, 5.74) is 1.69. The third-order valence-corrected chi connectivity index (χ3v) is 4.27. The van der Waals surface area contributed by atoms with Crippen molar-refractivity contribution in [3.05, 3.63) is 69.0 Å². The van der Waals surface area contributed by atoms with Crippen LogP contribution in [0.1, 0.15) is 11.1 Å². The Kier molecular flexibility index (Phi) is 4.97. The number of nitrogens with zero attached hydrogens (tertiary/aromatic N) is 1. The first-order valence-electron chi connectivity index (χ1n) is 7.73. The van der Waals surface area contributed by atoms with E-state index in [2.05, 4.69) is 4.90 Å². The van der Waals surface area contributed by atoms with Crippen LogP contribution >= 0.6 is 11.6 Å². The zero-order valence-corrected chi connectivity index (χ0v) is 14.7. The molecule has 25 heavy (non-hydrogen) atoms. The quantitative estimate of drug-likeness (QED) is 0.702. The van der Waals surface area contributed by atoms with Gasteiger partial charge in [0.2, 0.25) is 0 Å². The molecule has 0 aliphatic heterocycles. The van der Waals surface area contributed by atoms with Crippen LogP contribution in [0.3, 0.4) is 0 Å². The molecule has 1 aromatic heterocycles. The number of rotatable bonds is 5. The maximum atomic E-state index is 11.8. The Bertz CT molecular complexity index is 967. The molecule has 0 saturated heterocycles. The number of para-hydroxylation sites is 1. The fourth-order valence-corrected chi connectivity index (χ4v) is 3.00. The third kappa shape index (κ3) is 3.78. The lowest BCUT2D eigenvalue weighted by Gasteiger charge is -2.19. The Morgan fingerprint density at radius 1 is 1.16 bits per heavy atom. The first-order chi connectivity index (χ1) is 12.0. The van der Waals surface area contributed by atoms with Gasteiger partial charge >= 0.3 is 5.63 Å². The van der Waals surface area contributed by atoms with Gasteiger partial charge in [-0.1, -0.05) is 29.8 Å². The average molecular weight is 360 g/mol. The molecule has 1 N–H and O–H groups in total. The van der Waals surface area contributed by atoms with Crippen molar-refractivity contribution in [2.24, 2.45) is 0 Å². The maximum absolute atomic E-state index is 11.8. The topological polar surface area (TPSA) is 62.9 Å². The van der Waals surface area contributed by atoms with Crippen LogP contribution in [0.4, 0.5) is 0 Å². The zero-order valence-electron chi connectivity index (χ0n) is 14.0.